The van der Waals surface area contributed by atoms with Crippen LogP contribution in [0.5, 0.6) is 0 Å². The third kappa shape index (κ3) is 5.96. The molecule has 7 nitrogen and oxygen atoms in total. The summed E-state index contributed by atoms with van der Waals surface area (Å²) in [5, 5.41) is 7.22. The van der Waals surface area contributed by atoms with Crippen molar-refractivity contribution in [3.63, 3.8) is 0 Å². The Labute approximate surface area is 114 Å². The van der Waals surface area contributed by atoms with E-state index in [0.717, 1.165) is 0 Å². The molecular formula is C11H15N3O4S. The number of thiazole rings is 1. The summed E-state index contributed by atoms with van der Waals surface area (Å²) in [6, 6.07) is 0. The van der Waals surface area contributed by atoms with Crippen LogP contribution in [0.25, 0.3) is 0 Å². The van der Waals surface area contributed by atoms with E-state index in [-0.39, 0.29) is 37.2 Å². The minimum absolute atomic E-state index is 0.0781. The first-order valence-corrected chi connectivity index (χ1v) is 6.44. The van der Waals surface area contributed by atoms with E-state index in [4.69, 9.17) is 0 Å². The lowest BCUT2D eigenvalue weighted by molar-refractivity contribution is -0.139. The van der Waals surface area contributed by atoms with Gasteiger partial charge in [0.1, 0.15) is 0 Å². The highest BCUT2D eigenvalue weighted by Crippen LogP contribution is 2.16. The highest BCUT2D eigenvalue weighted by molar-refractivity contribution is 7.13. The Morgan fingerprint density at radius 3 is 2.79 bits per heavy atom. The number of hydrogen-bond acceptors (Lipinski definition) is 6. The average Bonchev–Trinajstić information content (AvgIpc) is 2.75. The third-order valence-electron chi connectivity index (χ3n) is 2.08. The summed E-state index contributed by atoms with van der Waals surface area (Å²) < 4.78 is 4.52. The van der Waals surface area contributed by atoms with Gasteiger partial charge in [-0.1, -0.05) is 0 Å². The number of hydrogen-bond donors (Lipinski definition) is 2. The first-order valence-electron chi connectivity index (χ1n) is 5.56. The number of anilines is 1. The molecule has 1 heterocycles. The predicted octanol–water partition coefficient (Wildman–Crippen LogP) is 0.323. The zero-order valence-corrected chi connectivity index (χ0v) is 11.5. The standard InChI is InChI=1S/C11H15N3O4S/c1-7(15)12-4-3-9(16)14-11-13-8(6-19-11)5-10(17)18-2/h6H,3-5H2,1-2H3,(H,12,15)(H,13,14,16). The Morgan fingerprint density at radius 2 is 2.16 bits per heavy atom. The van der Waals surface area contributed by atoms with E-state index in [2.05, 4.69) is 20.4 Å². The number of nitrogens with zero attached hydrogens (tertiary/aromatic N) is 1. The van der Waals surface area contributed by atoms with E-state index in [0.29, 0.717) is 10.8 Å². The summed E-state index contributed by atoms with van der Waals surface area (Å²) in [6.07, 6.45) is 0.250. The SMILES string of the molecule is COC(=O)Cc1csc(NC(=O)CCNC(C)=O)n1. The number of nitrogens with one attached hydrogen (secondary N) is 2. The van der Waals surface area contributed by atoms with Crippen LogP contribution in [0, 0.1) is 0 Å². The monoisotopic (exact) mass is 285 g/mol. The highest BCUT2D eigenvalue weighted by atomic mass is 32.1. The normalized spacial score (nSPS) is 9.79. The van der Waals surface area contributed by atoms with E-state index < -0.39 is 0 Å². The molecule has 2 N–H and O–H groups in total. The number of rotatable bonds is 6. The maximum Gasteiger partial charge on any atom is 0.311 e. The number of ether oxygens (including phenoxy) is 1. The van der Waals surface area contributed by atoms with Crippen LogP contribution in [0.4, 0.5) is 5.13 Å². The van der Waals surface area contributed by atoms with Gasteiger partial charge in [-0.15, -0.1) is 11.3 Å². The van der Waals surface area contributed by atoms with Crippen LogP contribution in [-0.2, 0) is 25.5 Å². The summed E-state index contributed by atoms with van der Waals surface area (Å²) in [4.78, 5) is 37.2. The quantitative estimate of drug-likeness (QED) is 0.734. The van der Waals surface area contributed by atoms with Crippen LogP contribution in [0.2, 0.25) is 0 Å². The van der Waals surface area contributed by atoms with E-state index in [1.165, 1.54) is 25.4 Å². The molecule has 1 aromatic rings. The molecule has 0 saturated carbocycles. The van der Waals surface area contributed by atoms with Gasteiger partial charge in [-0.3, -0.25) is 14.4 Å². The first-order chi connectivity index (χ1) is 9.01. The largest absolute Gasteiger partial charge is 0.469 e. The molecule has 0 atom stereocenters. The third-order valence-corrected chi connectivity index (χ3v) is 2.88. The molecule has 1 rings (SSSR count). The van der Waals surface area contributed by atoms with Gasteiger partial charge in [0.05, 0.1) is 19.2 Å². The predicted molar refractivity (Wildman–Crippen MR) is 69.8 cm³/mol. The van der Waals surface area contributed by atoms with Crippen molar-refractivity contribution < 1.29 is 19.1 Å². The van der Waals surface area contributed by atoms with Gasteiger partial charge in [0.2, 0.25) is 11.8 Å². The molecule has 8 heteroatoms. The highest BCUT2D eigenvalue weighted by Gasteiger charge is 2.09. The van der Waals surface area contributed by atoms with Crippen molar-refractivity contribution in [1.82, 2.24) is 10.3 Å². The fraction of sp³-hybridized carbons (Fsp3) is 0.455. The van der Waals surface area contributed by atoms with Crippen LogP contribution in [0.3, 0.4) is 0 Å². The lowest BCUT2D eigenvalue weighted by Gasteiger charge is -2.02. The lowest BCUT2D eigenvalue weighted by Crippen LogP contribution is -2.25. The van der Waals surface area contributed by atoms with Crippen molar-refractivity contribution in [3.8, 4) is 0 Å². The first kappa shape index (κ1) is 15.1. The molecule has 0 aliphatic heterocycles. The van der Waals surface area contributed by atoms with Crippen molar-refractivity contribution >= 4 is 34.3 Å². The molecule has 104 valence electrons. The minimum atomic E-state index is -0.381. The molecule has 0 aliphatic rings. The van der Waals surface area contributed by atoms with E-state index >= 15 is 0 Å². The second kappa shape index (κ2) is 7.47. The minimum Gasteiger partial charge on any atom is -0.469 e. The number of carbonyl (C=O) groups is 3. The summed E-state index contributed by atoms with van der Waals surface area (Å²) in [7, 11) is 1.30. The van der Waals surface area contributed by atoms with Gasteiger partial charge < -0.3 is 15.4 Å². The zero-order chi connectivity index (χ0) is 14.3. The van der Waals surface area contributed by atoms with Crippen molar-refractivity contribution in [2.75, 3.05) is 19.0 Å². The van der Waals surface area contributed by atoms with Gasteiger partial charge in [-0.25, -0.2) is 4.98 Å². The smallest absolute Gasteiger partial charge is 0.311 e. The fourth-order valence-electron chi connectivity index (χ4n) is 1.20. The molecule has 0 aromatic carbocycles. The Bertz CT molecular complexity index is 472. The Morgan fingerprint density at radius 1 is 1.42 bits per heavy atom. The van der Waals surface area contributed by atoms with Crippen molar-refractivity contribution in [1.29, 1.82) is 0 Å². The summed E-state index contributed by atoms with van der Waals surface area (Å²) in [5.41, 5.74) is 0.550. The van der Waals surface area contributed by atoms with Crippen LogP contribution in [0.1, 0.15) is 19.0 Å². The molecule has 19 heavy (non-hydrogen) atoms. The molecule has 0 fully saturated rings. The van der Waals surface area contributed by atoms with Gasteiger partial charge in [-0.05, 0) is 0 Å². The Hall–Kier alpha value is -1.96. The van der Waals surface area contributed by atoms with Crippen LogP contribution in [-0.4, -0.2) is 36.4 Å². The van der Waals surface area contributed by atoms with Gasteiger partial charge in [0.25, 0.3) is 0 Å². The number of methoxy groups -OCH3 is 1. The Balaban J connectivity index is 2.38. The molecule has 0 spiro atoms. The molecule has 2 amide bonds. The maximum absolute atomic E-state index is 11.5. The average molecular weight is 285 g/mol. The van der Waals surface area contributed by atoms with Crippen molar-refractivity contribution in [2.24, 2.45) is 0 Å². The lowest BCUT2D eigenvalue weighted by atomic mass is 10.3. The maximum atomic E-state index is 11.5. The molecule has 0 bridgehead atoms. The second-order valence-electron chi connectivity index (χ2n) is 3.68. The Kier molecular flexibility index (Phi) is 5.94. The van der Waals surface area contributed by atoms with Crippen LogP contribution < -0.4 is 10.6 Å². The molecule has 0 saturated heterocycles. The van der Waals surface area contributed by atoms with Crippen LogP contribution in [0.15, 0.2) is 5.38 Å². The van der Waals surface area contributed by atoms with Gasteiger partial charge >= 0.3 is 5.97 Å². The fourth-order valence-corrected chi connectivity index (χ4v) is 1.93. The second-order valence-corrected chi connectivity index (χ2v) is 4.54. The van der Waals surface area contributed by atoms with Gasteiger partial charge in [0.15, 0.2) is 5.13 Å². The molecule has 0 radical (unpaired) electrons. The number of esters is 1. The summed E-state index contributed by atoms with van der Waals surface area (Å²) in [5.74, 6) is -0.802. The number of amides is 2. The van der Waals surface area contributed by atoms with E-state index in [9.17, 15) is 14.4 Å². The van der Waals surface area contributed by atoms with E-state index in [1.54, 1.807) is 5.38 Å². The molecule has 0 aliphatic carbocycles. The summed E-state index contributed by atoms with van der Waals surface area (Å²) >= 11 is 1.23. The number of aromatic nitrogens is 1. The van der Waals surface area contributed by atoms with E-state index in [1.807, 2.05) is 0 Å². The van der Waals surface area contributed by atoms with Crippen molar-refractivity contribution in [2.45, 2.75) is 19.8 Å². The molecule has 0 unspecified atom stereocenters. The molecule has 1 aromatic heterocycles. The van der Waals surface area contributed by atoms with Crippen molar-refractivity contribution in [3.05, 3.63) is 11.1 Å². The van der Waals surface area contributed by atoms with Gasteiger partial charge in [-0.2, -0.15) is 0 Å². The van der Waals surface area contributed by atoms with Crippen LogP contribution >= 0.6 is 11.3 Å². The zero-order valence-electron chi connectivity index (χ0n) is 10.7. The topological polar surface area (TPSA) is 97.4 Å². The number of carbonyl (C=O) groups excluding carboxylic acids is 3. The van der Waals surface area contributed by atoms with Gasteiger partial charge in [0, 0.05) is 25.3 Å². The molecular weight excluding hydrogens is 270 g/mol. The summed E-state index contributed by atoms with van der Waals surface area (Å²) in [6.45, 7) is 1.67.